The van der Waals surface area contributed by atoms with Crippen LogP contribution in [0.4, 0.5) is 5.82 Å². The van der Waals surface area contributed by atoms with Crippen LogP contribution in [0.25, 0.3) is 0 Å². The van der Waals surface area contributed by atoms with Gasteiger partial charge in [-0.2, -0.15) is 0 Å². The molecule has 1 aromatic rings. The highest BCUT2D eigenvalue weighted by Crippen LogP contribution is 2.26. The van der Waals surface area contributed by atoms with Crippen LogP contribution < -0.4 is 5.73 Å². The summed E-state index contributed by atoms with van der Waals surface area (Å²) in [6.07, 6.45) is 0.794. The molecule has 2 N–H and O–H groups in total. The lowest BCUT2D eigenvalue weighted by molar-refractivity contribution is 0.0533. The minimum Gasteiger partial charge on any atom is -0.383 e. The van der Waals surface area contributed by atoms with Crippen molar-refractivity contribution in [2.45, 2.75) is 46.1 Å². The van der Waals surface area contributed by atoms with Crippen molar-refractivity contribution in [1.82, 2.24) is 9.97 Å². The summed E-state index contributed by atoms with van der Waals surface area (Å²) in [6.45, 7) is 8.91. The molecule has 0 spiro atoms. The van der Waals surface area contributed by atoms with Crippen LogP contribution in [-0.2, 0) is 4.74 Å². The number of nitrogens with zero attached hydrogens (tertiary/aromatic N) is 2. The Morgan fingerprint density at radius 1 is 1.29 bits per heavy atom. The molecule has 1 heterocycles. The van der Waals surface area contributed by atoms with E-state index in [1.165, 1.54) is 0 Å². The number of ether oxygens (including phenoxy) is 1. The molecule has 0 aliphatic carbocycles. The second kappa shape index (κ2) is 6.49. The molecule has 1 aromatic heterocycles. The molecule has 0 fully saturated rings. The fourth-order valence-electron chi connectivity index (χ4n) is 1.60. The van der Waals surface area contributed by atoms with Gasteiger partial charge >= 0.3 is 0 Å². The highest BCUT2D eigenvalue weighted by Gasteiger charge is 2.18. The molecule has 0 aliphatic rings. The van der Waals surface area contributed by atoms with Crippen molar-refractivity contribution >= 4 is 28.4 Å². The van der Waals surface area contributed by atoms with E-state index < -0.39 is 0 Å². The third kappa shape index (κ3) is 3.51. The summed E-state index contributed by atoms with van der Waals surface area (Å²) in [6, 6.07) is 0. The summed E-state index contributed by atoms with van der Waals surface area (Å²) >= 11 is 2.20. The van der Waals surface area contributed by atoms with Crippen molar-refractivity contribution in [3.8, 4) is 0 Å². The second-order valence-electron chi connectivity index (χ2n) is 4.17. The van der Waals surface area contributed by atoms with Gasteiger partial charge in [0.15, 0.2) is 5.82 Å². The molecule has 0 aliphatic heterocycles. The summed E-state index contributed by atoms with van der Waals surface area (Å²) in [5, 5.41) is 0. The average molecular weight is 349 g/mol. The summed E-state index contributed by atoms with van der Waals surface area (Å²) in [4.78, 5) is 8.94. The molecular formula is C12H20IN3O. The Morgan fingerprint density at radius 2 is 1.94 bits per heavy atom. The first-order valence-corrected chi connectivity index (χ1v) is 7.03. The smallest absolute Gasteiger partial charge is 0.159 e. The Bertz CT molecular complexity index is 382. The summed E-state index contributed by atoms with van der Waals surface area (Å²) in [5.74, 6) is 1.60. The normalized spacial score (nSPS) is 13.1. The molecule has 1 atom stereocenters. The Labute approximate surface area is 117 Å². The fourth-order valence-corrected chi connectivity index (χ4v) is 2.47. The number of nitrogens with two attached hydrogens (primary N) is 1. The molecule has 0 aromatic carbocycles. The van der Waals surface area contributed by atoms with Crippen LogP contribution >= 0.6 is 22.6 Å². The molecule has 1 rings (SSSR count). The van der Waals surface area contributed by atoms with Gasteiger partial charge in [-0.3, -0.25) is 0 Å². The van der Waals surface area contributed by atoms with Gasteiger partial charge in [-0.15, -0.1) is 0 Å². The predicted octanol–water partition coefficient (Wildman–Crippen LogP) is 3.27. The maximum absolute atomic E-state index is 5.93. The van der Waals surface area contributed by atoms with E-state index in [1.54, 1.807) is 0 Å². The number of aromatic nitrogens is 2. The first-order valence-electron chi connectivity index (χ1n) is 5.95. The van der Waals surface area contributed by atoms with E-state index in [2.05, 4.69) is 53.3 Å². The van der Waals surface area contributed by atoms with Gasteiger partial charge in [-0.25, -0.2) is 9.97 Å². The van der Waals surface area contributed by atoms with Crippen LogP contribution in [0, 0.1) is 3.57 Å². The first-order chi connectivity index (χ1) is 8.01. The van der Waals surface area contributed by atoms with Crippen molar-refractivity contribution in [3.63, 3.8) is 0 Å². The minimum absolute atomic E-state index is 0.0585. The Balaban J connectivity index is 3.17. The van der Waals surface area contributed by atoms with Gasteiger partial charge in [0.05, 0.1) is 9.26 Å². The zero-order valence-electron chi connectivity index (χ0n) is 10.8. The molecule has 0 saturated carbocycles. The van der Waals surface area contributed by atoms with Crippen LogP contribution in [0.5, 0.6) is 0 Å². The molecule has 0 saturated heterocycles. The van der Waals surface area contributed by atoms with Crippen molar-refractivity contribution in [1.29, 1.82) is 0 Å². The maximum Gasteiger partial charge on any atom is 0.159 e. The van der Waals surface area contributed by atoms with Crippen LogP contribution in [0.2, 0.25) is 0 Å². The standard InChI is InChI=1S/C12H20IN3O/c1-5-8(17-6-2)12-15-10(7(3)4)9(13)11(14)16-12/h7-8H,5-6H2,1-4H3,(H2,14,15,16). The van der Waals surface area contributed by atoms with Crippen molar-refractivity contribution in [2.24, 2.45) is 0 Å². The lowest BCUT2D eigenvalue weighted by atomic mass is 10.1. The van der Waals surface area contributed by atoms with E-state index in [-0.39, 0.29) is 6.10 Å². The lowest BCUT2D eigenvalue weighted by Crippen LogP contribution is -2.13. The molecule has 0 amide bonds. The van der Waals surface area contributed by atoms with Crippen LogP contribution in [0.1, 0.15) is 57.7 Å². The molecule has 96 valence electrons. The van der Waals surface area contributed by atoms with Crippen molar-refractivity contribution < 1.29 is 4.74 Å². The van der Waals surface area contributed by atoms with Gasteiger partial charge in [0.2, 0.25) is 0 Å². The van der Waals surface area contributed by atoms with E-state index in [0.29, 0.717) is 24.2 Å². The van der Waals surface area contributed by atoms with E-state index >= 15 is 0 Å². The summed E-state index contributed by atoms with van der Waals surface area (Å²) < 4.78 is 6.58. The number of nitrogen functional groups attached to an aromatic ring is 1. The molecule has 0 radical (unpaired) electrons. The summed E-state index contributed by atoms with van der Waals surface area (Å²) in [5.41, 5.74) is 6.94. The highest BCUT2D eigenvalue weighted by atomic mass is 127. The molecule has 17 heavy (non-hydrogen) atoms. The largest absolute Gasteiger partial charge is 0.383 e. The molecule has 4 nitrogen and oxygen atoms in total. The number of hydrogen-bond donors (Lipinski definition) is 1. The van der Waals surface area contributed by atoms with Crippen LogP contribution in [-0.4, -0.2) is 16.6 Å². The van der Waals surface area contributed by atoms with Gasteiger partial charge in [0.1, 0.15) is 11.9 Å². The van der Waals surface area contributed by atoms with Gasteiger partial charge in [0, 0.05) is 6.61 Å². The number of hydrogen-bond acceptors (Lipinski definition) is 4. The van der Waals surface area contributed by atoms with Crippen LogP contribution in [0.15, 0.2) is 0 Å². The van der Waals surface area contributed by atoms with Crippen molar-refractivity contribution in [3.05, 3.63) is 15.1 Å². The lowest BCUT2D eigenvalue weighted by Gasteiger charge is -2.17. The number of anilines is 1. The van der Waals surface area contributed by atoms with E-state index in [1.807, 2.05) is 6.92 Å². The minimum atomic E-state index is -0.0585. The zero-order chi connectivity index (χ0) is 13.0. The number of rotatable bonds is 5. The topological polar surface area (TPSA) is 61.0 Å². The van der Waals surface area contributed by atoms with Crippen molar-refractivity contribution in [2.75, 3.05) is 12.3 Å². The van der Waals surface area contributed by atoms with E-state index in [9.17, 15) is 0 Å². The fraction of sp³-hybridized carbons (Fsp3) is 0.667. The van der Waals surface area contributed by atoms with Crippen LogP contribution in [0.3, 0.4) is 0 Å². The zero-order valence-corrected chi connectivity index (χ0v) is 13.0. The monoisotopic (exact) mass is 349 g/mol. The SMILES string of the molecule is CCOC(CC)c1nc(N)c(I)c(C(C)C)n1. The Hall–Kier alpha value is -0.430. The quantitative estimate of drug-likeness (QED) is 0.829. The van der Waals surface area contributed by atoms with E-state index in [0.717, 1.165) is 15.7 Å². The van der Waals surface area contributed by atoms with Gasteiger partial charge in [0.25, 0.3) is 0 Å². The Morgan fingerprint density at radius 3 is 2.41 bits per heavy atom. The summed E-state index contributed by atoms with van der Waals surface area (Å²) in [7, 11) is 0. The number of halogens is 1. The highest BCUT2D eigenvalue weighted by molar-refractivity contribution is 14.1. The second-order valence-corrected chi connectivity index (χ2v) is 5.25. The first kappa shape index (κ1) is 14.6. The van der Waals surface area contributed by atoms with E-state index in [4.69, 9.17) is 10.5 Å². The third-order valence-corrected chi connectivity index (χ3v) is 3.60. The van der Waals surface area contributed by atoms with Gasteiger partial charge in [-0.05, 0) is 41.9 Å². The molecule has 1 unspecified atom stereocenters. The average Bonchev–Trinajstić information content (AvgIpc) is 2.29. The molecule has 0 bridgehead atoms. The Kier molecular flexibility index (Phi) is 5.58. The van der Waals surface area contributed by atoms with Gasteiger partial charge < -0.3 is 10.5 Å². The third-order valence-electron chi connectivity index (χ3n) is 2.49. The molecular weight excluding hydrogens is 329 g/mol. The van der Waals surface area contributed by atoms with Gasteiger partial charge in [-0.1, -0.05) is 20.8 Å². The predicted molar refractivity (Wildman–Crippen MR) is 77.9 cm³/mol. The maximum atomic E-state index is 5.93. The molecule has 5 heteroatoms.